The molecule has 0 spiro atoms. The molecular weight excluding hydrogens is 523 g/mol. The second-order valence-electron chi connectivity index (χ2n) is 9.46. The third kappa shape index (κ3) is 8.42. The van der Waals surface area contributed by atoms with Crippen LogP contribution >= 0.6 is 24.0 Å². The van der Waals surface area contributed by atoms with Gasteiger partial charge in [-0.25, -0.2) is 4.79 Å². The Bertz CT molecular complexity index is 759. The van der Waals surface area contributed by atoms with Gasteiger partial charge in [-0.2, -0.15) is 5.10 Å². The van der Waals surface area contributed by atoms with E-state index >= 15 is 0 Å². The minimum absolute atomic E-state index is 0. The molecule has 0 radical (unpaired) electrons. The van der Waals surface area contributed by atoms with Crippen LogP contribution in [0.2, 0.25) is 0 Å². The smallest absolute Gasteiger partial charge is 0.412 e. The number of amides is 1. The number of ether oxygens (including phenoxy) is 2. The van der Waals surface area contributed by atoms with Crippen molar-refractivity contribution in [3.8, 4) is 0 Å². The molecule has 1 aliphatic heterocycles. The van der Waals surface area contributed by atoms with Gasteiger partial charge in [-0.1, -0.05) is 0 Å². The van der Waals surface area contributed by atoms with Crippen molar-refractivity contribution >= 4 is 36.0 Å². The maximum atomic E-state index is 12.9. The average molecular weight is 565 g/mol. The van der Waals surface area contributed by atoms with E-state index in [0.717, 1.165) is 31.9 Å². The highest BCUT2D eigenvalue weighted by molar-refractivity contribution is 14.0. The fourth-order valence-corrected chi connectivity index (χ4v) is 3.72. The minimum Gasteiger partial charge on any atom is -0.444 e. The van der Waals surface area contributed by atoms with Crippen LogP contribution in [0.1, 0.15) is 60.5 Å². The van der Waals surface area contributed by atoms with E-state index in [1.54, 1.807) is 4.90 Å². The molecule has 1 amide bonds. The quantitative estimate of drug-likeness (QED) is 0.229. The molecule has 2 unspecified atom stereocenters. The molecular formula is C22H41IN6O3. The summed E-state index contributed by atoms with van der Waals surface area (Å²) in [7, 11) is 1.92. The number of rotatable bonds is 7. The summed E-state index contributed by atoms with van der Waals surface area (Å²) in [6.45, 7) is 15.3. The van der Waals surface area contributed by atoms with E-state index < -0.39 is 11.3 Å². The Labute approximate surface area is 209 Å². The second kappa shape index (κ2) is 12.1. The average Bonchev–Trinajstić information content (AvgIpc) is 3.14. The summed E-state index contributed by atoms with van der Waals surface area (Å²) in [5, 5.41) is 10.9. The SMILES string of the molecule is CCNC(=NCC1C(C)OC(C)(C)N1C(=O)OC(C)(C)C)NCCCc1cnn(C)c1.I. The van der Waals surface area contributed by atoms with Crippen LogP contribution in [-0.2, 0) is 22.9 Å². The maximum absolute atomic E-state index is 12.9. The first-order chi connectivity index (χ1) is 14.4. The van der Waals surface area contributed by atoms with Gasteiger partial charge in [-0.05, 0) is 66.9 Å². The fraction of sp³-hybridized carbons (Fsp3) is 0.773. The molecule has 2 atom stereocenters. The van der Waals surface area contributed by atoms with Crippen molar-refractivity contribution < 1.29 is 14.3 Å². The molecule has 10 heteroatoms. The van der Waals surface area contributed by atoms with E-state index in [2.05, 4.69) is 15.7 Å². The lowest BCUT2D eigenvalue weighted by atomic mass is 10.1. The van der Waals surface area contributed by atoms with Gasteiger partial charge < -0.3 is 20.1 Å². The third-order valence-electron chi connectivity index (χ3n) is 4.99. The predicted octanol–water partition coefficient (Wildman–Crippen LogP) is 3.29. The highest BCUT2D eigenvalue weighted by atomic mass is 127. The topological polar surface area (TPSA) is 93.0 Å². The third-order valence-corrected chi connectivity index (χ3v) is 4.99. The van der Waals surface area contributed by atoms with Gasteiger partial charge in [-0.15, -0.1) is 24.0 Å². The lowest BCUT2D eigenvalue weighted by Gasteiger charge is -2.34. The molecule has 1 fully saturated rings. The highest BCUT2D eigenvalue weighted by Gasteiger charge is 2.49. The summed E-state index contributed by atoms with van der Waals surface area (Å²) in [4.78, 5) is 19.3. The molecule has 0 saturated carbocycles. The van der Waals surface area contributed by atoms with Crippen LogP contribution in [0.4, 0.5) is 4.79 Å². The molecule has 1 aliphatic rings. The first kappa shape index (κ1) is 28.5. The zero-order valence-electron chi connectivity index (χ0n) is 20.8. The van der Waals surface area contributed by atoms with Gasteiger partial charge in [0.05, 0.1) is 24.9 Å². The van der Waals surface area contributed by atoms with Crippen LogP contribution in [0.25, 0.3) is 0 Å². The summed E-state index contributed by atoms with van der Waals surface area (Å²) in [6, 6.07) is -0.212. The molecule has 0 aliphatic carbocycles. The van der Waals surface area contributed by atoms with E-state index in [-0.39, 0.29) is 42.2 Å². The van der Waals surface area contributed by atoms with Crippen LogP contribution in [0.15, 0.2) is 17.4 Å². The Kier molecular flexibility index (Phi) is 10.7. The maximum Gasteiger partial charge on any atom is 0.412 e. The molecule has 9 nitrogen and oxygen atoms in total. The largest absolute Gasteiger partial charge is 0.444 e. The van der Waals surface area contributed by atoms with Crippen molar-refractivity contribution in [2.75, 3.05) is 19.6 Å². The van der Waals surface area contributed by atoms with Gasteiger partial charge in [0, 0.05) is 26.3 Å². The number of aliphatic imine (C=N–C) groups is 1. The van der Waals surface area contributed by atoms with E-state index in [4.69, 9.17) is 14.5 Å². The number of halogens is 1. The van der Waals surface area contributed by atoms with Gasteiger partial charge in [0.15, 0.2) is 5.96 Å². The fourth-order valence-electron chi connectivity index (χ4n) is 3.72. The number of hydrogen-bond donors (Lipinski definition) is 2. The van der Waals surface area contributed by atoms with E-state index in [9.17, 15) is 4.79 Å². The van der Waals surface area contributed by atoms with E-state index in [0.29, 0.717) is 6.54 Å². The van der Waals surface area contributed by atoms with Gasteiger partial charge in [0.2, 0.25) is 0 Å². The van der Waals surface area contributed by atoms with Crippen molar-refractivity contribution in [2.24, 2.45) is 12.0 Å². The molecule has 1 aromatic rings. The summed E-state index contributed by atoms with van der Waals surface area (Å²) >= 11 is 0. The van der Waals surface area contributed by atoms with Crippen molar-refractivity contribution in [2.45, 2.75) is 84.8 Å². The number of nitrogens with one attached hydrogen (secondary N) is 2. The van der Waals surface area contributed by atoms with Crippen LogP contribution in [0.3, 0.4) is 0 Å². The zero-order valence-corrected chi connectivity index (χ0v) is 23.1. The van der Waals surface area contributed by atoms with E-state index in [1.807, 2.05) is 72.6 Å². The second-order valence-corrected chi connectivity index (χ2v) is 9.46. The van der Waals surface area contributed by atoms with Crippen molar-refractivity contribution in [1.82, 2.24) is 25.3 Å². The molecule has 1 saturated heterocycles. The van der Waals surface area contributed by atoms with Gasteiger partial charge in [0.25, 0.3) is 0 Å². The van der Waals surface area contributed by atoms with Crippen molar-refractivity contribution in [1.29, 1.82) is 0 Å². The number of carbonyl (C=O) groups excluding carboxylic acids is 1. The summed E-state index contributed by atoms with van der Waals surface area (Å²) < 4.78 is 13.5. The molecule has 2 heterocycles. The number of guanidine groups is 1. The number of aryl methyl sites for hydroxylation is 2. The molecule has 1 aromatic heterocycles. The molecule has 0 aromatic carbocycles. The number of aromatic nitrogens is 2. The first-order valence-electron chi connectivity index (χ1n) is 11.1. The monoisotopic (exact) mass is 564 g/mol. The number of carbonyl (C=O) groups is 1. The molecule has 0 bridgehead atoms. The zero-order chi connectivity index (χ0) is 23.2. The van der Waals surface area contributed by atoms with Crippen LogP contribution < -0.4 is 10.6 Å². The minimum atomic E-state index is -0.753. The Morgan fingerprint density at radius 2 is 2.03 bits per heavy atom. The number of nitrogens with zero attached hydrogens (tertiary/aromatic N) is 4. The van der Waals surface area contributed by atoms with Gasteiger partial charge in [0.1, 0.15) is 11.3 Å². The summed E-state index contributed by atoms with van der Waals surface area (Å²) in [5.41, 5.74) is -0.104. The first-order valence-corrected chi connectivity index (χ1v) is 11.1. The van der Waals surface area contributed by atoms with Crippen molar-refractivity contribution in [3.63, 3.8) is 0 Å². The lowest BCUT2D eigenvalue weighted by Crippen LogP contribution is -2.51. The summed E-state index contributed by atoms with van der Waals surface area (Å²) in [6.07, 6.45) is 5.32. The Morgan fingerprint density at radius 1 is 1.34 bits per heavy atom. The Balaban J connectivity index is 0.00000512. The van der Waals surface area contributed by atoms with Crippen LogP contribution in [0, 0.1) is 0 Å². The van der Waals surface area contributed by atoms with E-state index in [1.165, 1.54) is 5.56 Å². The Morgan fingerprint density at radius 3 is 2.59 bits per heavy atom. The molecule has 32 heavy (non-hydrogen) atoms. The standard InChI is InChI=1S/C22H40N6O3.HI/c1-9-23-19(24-12-10-11-17-13-26-27(8)15-17)25-14-18-16(2)30-22(6,7)28(18)20(29)31-21(3,4)5;/h13,15-16,18H,9-12,14H2,1-8H3,(H2,23,24,25);1H. The van der Waals surface area contributed by atoms with Crippen LogP contribution in [-0.4, -0.2) is 69.8 Å². The molecule has 184 valence electrons. The highest BCUT2D eigenvalue weighted by Crippen LogP contribution is 2.33. The number of hydrogen-bond acceptors (Lipinski definition) is 5. The summed E-state index contributed by atoms with van der Waals surface area (Å²) in [5.74, 6) is 0.731. The normalized spacial score (nSPS) is 20.6. The Hall–Kier alpha value is -1.56. The molecule has 2 N–H and O–H groups in total. The predicted molar refractivity (Wildman–Crippen MR) is 137 cm³/mol. The lowest BCUT2D eigenvalue weighted by molar-refractivity contribution is -0.0755. The van der Waals surface area contributed by atoms with Crippen molar-refractivity contribution in [3.05, 3.63) is 18.0 Å². The van der Waals surface area contributed by atoms with Gasteiger partial charge >= 0.3 is 6.09 Å². The van der Waals surface area contributed by atoms with Gasteiger partial charge in [-0.3, -0.25) is 14.6 Å². The molecule has 2 rings (SSSR count). The van der Waals surface area contributed by atoms with Crippen LogP contribution in [0.5, 0.6) is 0 Å².